The Morgan fingerprint density at radius 2 is 0.824 bits per heavy atom. The minimum atomic E-state index is -6.82. The average molecular weight is 642 g/mol. The molecule has 16 heteroatoms. The quantitative estimate of drug-likeness (QED) is 0.0930. The molecule has 0 unspecified atom stereocenters. The maximum atomic E-state index is 13.7. The van der Waals surface area contributed by atoms with Crippen LogP contribution >= 0.6 is 0 Å². The predicted octanol–water partition coefficient (Wildman–Crippen LogP) is 8.80. The molecule has 0 aliphatic rings. The van der Waals surface area contributed by atoms with Gasteiger partial charge in [-0.25, -0.2) is 0 Å². The molecule has 0 amide bonds. The number of alkyl halides is 14. The molecule has 0 aromatic heterocycles. The Morgan fingerprint density at radius 3 is 1.15 bits per heavy atom. The second-order valence-corrected chi connectivity index (χ2v) is 13.7. The molecular formula is C18H25F14OSn. The summed E-state index contributed by atoms with van der Waals surface area (Å²) in [7, 11) is 0. The number of halogens is 14. The molecule has 0 saturated heterocycles. The molecule has 34 heavy (non-hydrogen) atoms. The molecule has 0 atom stereocenters. The first-order chi connectivity index (χ1) is 15.1. The molecule has 0 N–H and O–H groups in total. The monoisotopic (exact) mass is 643 g/mol. The first-order valence-corrected chi connectivity index (χ1v) is 15.5. The van der Waals surface area contributed by atoms with E-state index < -0.39 is 71.7 Å². The van der Waals surface area contributed by atoms with Crippen molar-refractivity contribution in [1.82, 2.24) is 0 Å². The zero-order valence-electron chi connectivity index (χ0n) is 18.0. The van der Waals surface area contributed by atoms with E-state index >= 15 is 0 Å². The molecule has 0 saturated carbocycles. The third-order valence-corrected chi connectivity index (χ3v) is 11.3. The van der Waals surface area contributed by atoms with Crippen LogP contribution in [0.25, 0.3) is 0 Å². The number of hydrogen-bond donors (Lipinski definition) is 0. The predicted molar refractivity (Wildman–Crippen MR) is 95.8 cm³/mol. The van der Waals surface area contributed by atoms with Crippen LogP contribution in [0.15, 0.2) is 0 Å². The van der Waals surface area contributed by atoms with E-state index in [4.69, 9.17) is 0 Å². The van der Waals surface area contributed by atoms with Crippen molar-refractivity contribution in [2.45, 2.75) is 103 Å². The zero-order chi connectivity index (χ0) is 27.1. The van der Waals surface area contributed by atoms with Gasteiger partial charge in [-0.05, 0) is 0 Å². The number of unbranched alkanes of at least 4 members (excludes halogenated alkanes) is 7. The van der Waals surface area contributed by atoms with Crippen LogP contribution < -0.4 is 0 Å². The molecule has 1 nitrogen and oxygen atoms in total. The summed E-state index contributed by atoms with van der Waals surface area (Å²) in [6.45, 7) is 1.26. The van der Waals surface area contributed by atoms with Crippen LogP contribution in [-0.2, 0) is 3.07 Å². The molecule has 0 fully saturated rings. The van der Waals surface area contributed by atoms with Crippen molar-refractivity contribution in [1.29, 1.82) is 0 Å². The van der Waals surface area contributed by atoms with E-state index in [2.05, 4.69) is 3.07 Å². The summed E-state index contributed by atoms with van der Waals surface area (Å²) in [6, 6.07) is 0. The summed E-state index contributed by atoms with van der Waals surface area (Å²) in [4.78, 5) is 0. The van der Waals surface area contributed by atoms with E-state index in [0.717, 1.165) is 32.1 Å². The Bertz CT molecular complexity index is 548. The first-order valence-electron chi connectivity index (χ1n) is 10.3. The van der Waals surface area contributed by atoms with E-state index in [9.17, 15) is 61.5 Å². The first kappa shape index (κ1) is 33.8. The van der Waals surface area contributed by atoms with Gasteiger partial charge in [-0.1, -0.05) is 0 Å². The van der Waals surface area contributed by atoms with Gasteiger partial charge in [0.1, 0.15) is 0 Å². The zero-order valence-corrected chi connectivity index (χ0v) is 20.8. The summed E-state index contributed by atoms with van der Waals surface area (Å²) in [6.07, 6.45) is -8.39. The maximum absolute atomic E-state index is 13.7. The number of hydrogen-bond acceptors (Lipinski definition) is 1. The van der Waals surface area contributed by atoms with Crippen molar-refractivity contribution in [2.75, 3.05) is 6.61 Å². The van der Waals surface area contributed by atoms with Gasteiger partial charge in [0.05, 0.1) is 0 Å². The van der Waals surface area contributed by atoms with E-state index in [-0.39, 0.29) is 6.42 Å². The van der Waals surface area contributed by atoms with Crippen LogP contribution in [0.3, 0.4) is 0 Å². The Hall–Kier alpha value is -0.221. The fourth-order valence-electron chi connectivity index (χ4n) is 2.75. The molecule has 0 aliphatic carbocycles. The summed E-state index contributed by atoms with van der Waals surface area (Å²) in [5.74, 6) is -25.5. The van der Waals surface area contributed by atoms with E-state index in [1.165, 1.54) is 0 Å². The summed E-state index contributed by atoms with van der Waals surface area (Å²) < 4.78 is 180. The second-order valence-electron chi connectivity index (χ2n) is 7.77. The standard InChI is InChI=1S/C10H21O.2C4H2F7.Sn/c1-2-3-4-5-6-7-8-9-10-11;2*1-2(5,6)3(7,8)4(9,10)11;/h2-10H2,1H3;2*1H2;/q-1;;;+1. The van der Waals surface area contributed by atoms with Crippen LogP contribution in [0.1, 0.15) is 58.3 Å². The molecule has 0 aromatic carbocycles. The van der Waals surface area contributed by atoms with Crippen LogP contribution in [-0.4, -0.2) is 62.8 Å². The Morgan fingerprint density at radius 1 is 0.500 bits per heavy atom. The van der Waals surface area contributed by atoms with Crippen molar-refractivity contribution < 1.29 is 64.5 Å². The Balaban J connectivity index is 5.36. The number of rotatable bonds is 16. The second kappa shape index (κ2) is 12.8. The molecule has 0 aliphatic heterocycles. The molecule has 0 aromatic rings. The minimum absolute atomic E-state index is 0.0552. The van der Waals surface area contributed by atoms with Crippen LogP contribution in [0.4, 0.5) is 61.5 Å². The van der Waals surface area contributed by atoms with Crippen LogP contribution in [0, 0.1) is 0 Å². The van der Waals surface area contributed by atoms with E-state index in [1.807, 2.05) is 6.92 Å². The van der Waals surface area contributed by atoms with Crippen LogP contribution in [0.5, 0.6) is 0 Å². The van der Waals surface area contributed by atoms with Crippen molar-refractivity contribution in [3.05, 3.63) is 0 Å². The third-order valence-electron chi connectivity index (χ3n) is 4.77. The van der Waals surface area contributed by atoms with Gasteiger partial charge >= 0.3 is 195 Å². The molecule has 205 valence electrons. The fourth-order valence-corrected chi connectivity index (χ4v) is 9.02. The summed E-state index contributed by atoms with van der Waals surface area (Å²) >= 11 is -5.57. The average Bonchev–Trinajstić information content (AvgIpc) is 2.63. The topological polar surface area (TPSA) is 9.23 Å². The third kappa shape index (κ3) is 9.34. The van der Waals surface area contributed by atoms with Gasteiger partial charge in [-0.2, -0.15) is 0 Å². The van der Waals surface area contributed by atoms with Gasteiger partial charge in [0.25, 0.3) is 0 Å². The van der Waals surface area contributed by atoms with Gasteiger partial charge < -0.3 is 0 Å². The summed E-state index contributed by atoms with van der Waals surface area (Å²) in [5.41, 5.74) is 0. The van der Waals surface area contributed by atoms with Crippen molar-refractivity contribution >= 4 is 20.2 Å². The van der Waals surface area contributed by atoms with Crippen molar-refractivity contribution in [3.63, 3.8) is 0 Å². The molecule has 0 rings (SSSR count). The van der Waals surface area contributed by atoms with Gasteiger partial charge in [0, 0.05) is 0 Å². The SMILES string of the molecule is CCCCCCCCCC[O][Sn]([CH2]C(F)(F)C(F)(F)C(F)(F)F)[CH2]C(F)(F)C(F)(F)C(F)(F)F. The Labute approximate surface area is 194 Å². The van der Waals surface area contributed by atoms with Crippen molar-refractivity contribution in [3.8, 4) is 0 Å². The van der Waals surface area contributed by atoms with E-state index in [1.54, 1.807) is 0 Å². The van der Waals surface area contributed by atoms with Gasteiger partial charge in [0.15, 0.2) is 0 Å². The van der Waals surface area contributed by atoms with Gasteiger partial charge in [0.2, 0.25) is 0 Å². The molecule has 0 spiro atoms. The van der Waals surface area contributed by atoms with Crippen molar-refractivity contribution in [2.24, 2.45) is 0 Å². The molecular weight excluding hydrogens is 617 g/mol. The fraction of sp³-hybridized carbons (Fsp3) is 1.00. The van der Waals surface area contributed by atoms with Gasteiger partial charge in [-0.3, -0.25) is 0 Å². The molecule has 0 bridgehead atoms. The van der Waals surface area contributed by atoms with Crippen LogP contribution in [0.2, 0.25) is 8.87 Å². The van der Waals surface area contributed by atoms with Gasteiger partial charge in [-0.15, -0.1) is 0 Å². The molecule has 1 radical (unpaired) electrons. The Kier molecular flexibility index (Phi) is 12.8. The van der Waals surface area contributed by atoms with E-state index in [0.29, 0.717) is 12.8 Å². The molecule has 0 heterocycles. The summed E-state index contributed by atoms with van der Waals surface area (Å²) in [5, 5.41) is 0. The normalized spacial score (nSPS) is 14.8.